The number of benzene rings is 2. The highest BCUT2D eigenvalue weighted by atomic mass is 16.5. The molecule has 1 atom stereocenters. The van der Waals surface area contributed by atoms with Crippen molar-refractivity contribution in [2.24, 2.45) is 0 Å². The van der Waals surface area contributed by atoms with E-state index in [2.05, 4.69) is 0 Å². The Labute approximate surface area is 149 Å². The Morgan fingerprint density at radius 2 is 1.80 bits per heavy atom. The fourth-order valence-electron chi connectivity index (χ4n) is 2.77. The summed E-state index contributed by atoms with van der Waals surface area (Å²) in [6.45, 7) is 8.41. The lowest BCUT2D eigenvalue weighted by molar-refractivity contribution is -0.138. The number of carboxylic acids is 1. The molecule has 0 bridgehead atoms. The molecule has 4 nitrogen and oxygen atoms in total. The summed E-state index contributed by atoms with van der Waals surface area (Å²) in [5.41, 5.74) is 2.71. The molecule has 134 valence electrons. The van der Waals surface area contributed by atoms with Gasteiger partial charge in [-0.25, -0.2) is 0 Å². The van der Waals surface area contributed by atoms with Crippen LogP contribution in [0.25, 0.3) is 0 Å². The Morgan fingerprint density at radius 1 is 1.12 bits per heavy atom. The third-order valence-electron chi connectivity index (χ3n) is 3.93. The zero-order chi connectivity index (χ0) is 18.4. The van der Waals surface area contributed by atoms with Gasteiger partial charge in [0, 0.05) is 0 Å². The summed E-state index contributed by atoms with van der Waals surface area (Å²) in [6.07, 6.45) is 0.550. The summed E-state index contributed by atoms with van der Waals surface area (Å²) in [7, 11) is 0. The maximum Gasteiger partial charge on any atom is 0.311 e. The van der Waals surface area contributed by atoms with E-state index in [-0.39, 0.29) is 6.10 Å². The van der Waals surface area contributed by atoms with E-state index in [0.29, 0.717) is 13.0 Å². The zero-order valence-electron chi connectivity index (χ0n) is 15.3. The lowest BCUT2D eigenvalue weighted by Gasteiger charge is -2.16. The third-order valence-corrected chi connectivity index (χ3v) is 3.93. The van der Waals surface area contributed by atoms with E-state index in [1.807, 2.05) is 70.2 Å². The standard InChI is InChI=1S/C21H26O4/c1-5-24-20-11-8-17(12-15(20)4)19(21(22)23)13-16-6-9-18(10-7-16)25-14(2)3/h6-12,14,19H,5,13H2,1-4H3,(H,22,23). The minimum absolute atomic E-state index is 0.115. The van der Waals surface area contributed by atoms with Crippen molar-refractivity contribution >= 4 is 5.97 Å². The van der Waals surface area contributed by atoms with Crippen molar-refractivity contribution in [2.75, 3.05) is 6.61 Å². The topological polar surface area (TPSA) is 55.8 Å². The monoisotopic (exact) mass is 342 g/mol. The maximum atomic E-state index is 11.8. The van der Waals surface area contributed by atoms with Crippen LogP contribution in [0.5, 0.6) is 11.5 Å². The minimum atomic E-state index is -0.828. The van der Waals surface area contributed by atoms with Crippen LogP contribution in [0.2, 0.25) is 0 Å². The molecule has 2 aromatic rings. The number of hydrogen-bond donors (Lipinski definition) is 1. The molecule has 2 aromatic carbocycles. The van der Waals surface area contributed by atoms with E-state index < -0.39 is 11.9 Å². The Morgan fingerprint density at radius 3 is 2.32 bits per heavy atom. The van der Waals surface area contributed by atoms with E-state index in [0.717, 1.165) is 28.2 Å². The van der Waals surface area contributed by atoms with Crippen molar-refractivity contribution in [2.45, 2.75) is 46.1 Å². The summed E-state index contributed by atoms with van der Waals surface area (Å²) in [5.74, 6) is 0.172. The minimum Gasteiger partial charge on any atom is -0.494 e. The van der Waals surface area contributed by atoms with Crippen LogP contribution >= 0.6 is 0 Å². The van der Waals surface area contributed by atoms with Crippen molar-refractivity contribution < 1.29 is 19.4 Å². The van der Waals surface area contributed by atoms with E-state index >= 15 is 0 Å². The summed E-state index contributed by atoms with van der Waals surface area (Å²) in [6, 6.07) is 13.2. The Bertz CT molecular complexity index is 704. The molecule has 25 heavy (non-hydrogen) atoms. The van der Waals surface area contributed by atoms with E-state index in [9.17, 15) is 9.90 Å². The molecular weight excluding hydrogens is 316 g/mol. The van der Waals surface area contributed by atoms with E-state index in [1.54, 1.807) is 0 Å². The molecule has 2 rings (SSSR count). The number of carboxylic acid groups (broad SMARTS) is 1. The van der Waals surface area contributed by atoms with Gasteiger partial charge in [-0.1, -0.05) is 24.3 Å². The van der Waals surface area contributed by atoms with Gasteiger partial charge >= 0.3 is 5.97 Å². The number of carbonyl (C=O) groups is 1. The summed E-state index contributed by atoms with van der Waals surface area (Å²) >= 11 is 0. The molecule has 4 heteroatoms. The van der Waals surface area contributed by atoms with Gasteiger partial charge < -0.3 is 14.6 Å². The van der Waals surface area contributed by atoms with Crippen molar-refractivity contribution in [3.05, 3.63) is 59.2 Å². The maximum absolute atomic E-state index is 11.8. The molecule has 1 unspecified atom stereocenters. The molecule has 0 amide bonds. The van der Waals surface area contributed by atoms with Crippen molar-refractivity contribution in [1.82, 2.24) is 0 Å². The van der Waals surface area contributed by atoms with E-state index in [1.165, 1.54) is 0 Å². The fourth-order valence-corrected chi connectivity index (χ4v) is 2.77. The van der Waals surface area contributed by atoms with Crippen molar-refractivity contribution in [3.8, 4) is 11.5 Å². The SMILES string of the molecule is CCOc1ccc(C(Cc2ccc(OC(C)C)cc2)C(=O)O)cc1C. The largest absolute Gasteiger partial charge is 0.494 e. The molecule has 0 saturated carbocycles. The Kier molecular flexibility index (Phi) is 6.45. The Balaban J connectivity index is 2.18. The van der Waals surface area contributed by atoms with Gasteiger partial charge in [0.1, 0.15) is 11.5 Å². The normalized spacial score (nSPS) is 12.0. The van der Waals surface area contributed by atoms with E-state index in [4.69, 9.17) is 9.47 Å². The molecule has 0 heterocycles. The van der Waals surface area contributed by atoms with Crippen LogP contribution < -0.4 is 9.47 Å². The van der Waals surface area contributed by atoms with Gasteiger partial charge in [0.05, 0.1) is 18.6 Å². The highest BCUT2D eigenvalue weighted by Crippen LogP contribution is 2.27. The lowest BCUT2D eigenvalue weighted by atomic mass is 9.91. The molecule has 0 aliphatic heterocycles. The first-order chi connectivity index (χ1) is 11.9. The molecule has 0 aliphatic carbocycles. The summed E-state index contributed by atoms with van der Waals surface area (Å²) in [5, 5.41) is 9.67. The highest BCUT2D eigenvalue weighted by molar-refractivity contribution is 5.76. The highest BCUT2D eigenvalue weighted by Gasteiger charge is 2.21. The van der Waals surface area contributed by atoms with Gasteiger partial charge in [-0.05, 0) is 69.0 Å². The smallest absolute Gasteiger partial charge is 0.311 e. The van der Waals surface area contributed by atoms with Gasteiger partial charge in [-0.2, -0.15) is 0 Å². The number of ether oxygens (including phenoxy) is 2. The molecule has 0 saturated heterocycles. The average Bonchev–Trinajstić information content (AvgIpc) is 2.55. The quantitative estimate of drug-likeness (QED) is 0.762. The second kappa shape index (κ2) is 8.56. The zero-order valence-corrected chi connectivity index (χ0v) is 15.3. The van der Waals surface area contributed by atoms with Gasteiger partial charge in [0.15, 0.2) is 0 Å². The second-order valence-electron chi connectivity index (χ2n) is 6.36. The molecule has 0 spiro atoms. The lowest BCUT2D eigenvalue weighted by Crippen LogP contribution is -2.15. The first kappa shape index (κ1) is 18.8. The molecule has 0 aliphatic rings. The van der Waals surface area contributed by atoms with Gasteiger partial charge in [-0.15, -0.1) is 0 Å². The van der Waals surface area contributed by atoms with Gasteiger partial charge in [0.25, 0.3) is 0 Å². The van der Waals surface area contributed by atoms with Crippen LogP contribution in [-0.4, -0.2) is 23.8 Å². The van der Waals surface area contributed by atoms with Crippen LogP contribution in [0.15, 0.2) is 42.5 Å². The van der Waals surface area contributed by atoms with Crippen LogP contribution in [0, 0.1) is 6.92 Å². The predicted octanol–water partition coefficient (Wildman–Crippen LogP) is 4.59. The fraction of sp³-hybridized carbons (Fsp3) is 0.381. The summed E-state index contributed by atoms with van der Waals surface area (Å²) < 4.78 is 11.2. The summed E-state index contributed by atoms with van der Waals surface area (Å²) in [4.78, 5) is 11.8. The van der Waals surface area contributed by atoms with Crippen LogP contribution in [0.4, 0.5) is 0 Å². The number of aryl methyl sites for hydroxylation is 1. The molecule has 0 fully saturated rings. The number of rotatable bonds is 8. The third kappa shape index (κ3) is 5.24. The average molecular weight is 342 g/mol. The van der Waals surface area contributed by atoms with Crippen molar-refractivity contribution in [1.29, 1.82) is 0 Å². The predicted molar refractivity (Wildman–Crippen MR) is 98.6 cm³/mol. The van der Waals surface area contributed by atoms with Gasteiger partial charge in [-0.3, -0.25) is 4.79 Å². The molecular formula is C21H26O4. The van der Waals surface area contributed by atoms with Crippen molar-refractivity contribution in [3.63, 3.8) is 0 Å². The number of aliphatic carboxylic acids is 1. The van der Waals surface area contributed by atoms with Crippen LogP contribution in [-0.2, 0) is 11.2 Å². The van der Waals surface area contributed by atoms with Crippen LogP contribution in [0.1, 0.15) is 43.4 Å². The number of hydrogen-bond acceptors (Lipinski definition) is 3. The van der Waals surface area contributed by atoms with Gasteiger partial charge in [0.2, 0.25) is 0 Å². The first-order valence-electron chi connectivity index (χ1n) is 8.62. The molecule has 0 radical (unpaired) electrons. The first-order valence-corrected chi connectivity index (χ1v) is 8.62. The Hall–Kier alpha value is -2.49. The molecule has 1 N–H and O–H groups in total. The van der Waals surface area contributed by atoms with Crippen LogP contribution in [0.3, 0.4) is 0 Å². The second-order valence-corrected chi connectivity index (χ2v) is 6.36. The molecule has 0 aromatic heterocycles.